The van der Waals surface area contributed by atoms with Crippen LogP contribution in [-0.2, 0) is 14.3 Å². The van der Waals surface area contributed by atoms with Crippen molar-refractivity contribution in [1.82, 2.24) is 5.32 Å². The first kappa shape index (κ1) is 17.7. The summed E-state index contributed by atoms with van der Waals surface area (Å²) in [4.78, 5) is 23.1. The van der Waals surface area contributed by atoms with Crippen LogP contribution in [0, 0.1) is 5.92 Å². The molecule has 0 aromatic rings. The highest BCUT2D eigenvalue weighted by Gasteiger charge is 2.42. The molecule has 1 amide bonds. The van der Waals surface area contributed by atoms with Crippen LogP contribution in [0.4, 0.5) is 13.2 Å². The first-order chi connectivity index (χ1) is 9.65. The van der Waals surface area contributed by atoms with Gasteiger partial charge < -0.3 is 15.2 Å². The topological polar surface area (TPSA) is 75.6 Å². The zero-order valence-electron chi connectivity index (χ0n) is 11.8. The van der Waals surface area contributed by atoms with Gasteiger partial charge in [-0.2, -0.15) is 13.2 Å². The van der Waals surface area contributed by atoms with Crippen molar-refractivity contribution in [3.63, 3.8) is 0 Å². The number of hydrogen-bond acceptors (Lipinski definition) is 3. The minimum Gasteiger partial charge on any atom is -0.480 e. The number of ether oxygens (including phenoxy) is 1. The van der Waals surface area contributed by atoms with Gasteiger partial charge in [0, 0.05) is 6.42 Å². The van der Waals surface area contributed by atoms with E-state index in [0.717, 1.165) is 0 Å². The molecule has 1 rings (SSSR count). The maximum absolute atomic E-state index is 11.9. The van der Waals surface area contributed by atoms with Crippen LogP contribution >= 0.6 is 0 Å². The molecule has 1 aliphatic rings. The van der Waals surface area contributed by atoms with Crippen molar-refractivity contribution in [2.24, 2.45) is 5.92 Å². The fraction of sp³-hybridized carbons (Fsp3) is 0.846. The summed E-state index contributed by atoms with van der Waals surface area (Å²) in [6, 6.07) is 0. The number of carboxylic acids is 1. The number of carbonyl (C=O) groups excluding carboxylic acids is 1. The molecule has 0 bridgehead atoms. The van der Waals surface area contributed by atoms with Crippen molar-refractivity contribution in [3.05, 3.63) is 0 Å². The second-order valence-corrected chi connectivity index (χ2v) is 5.54. The SMILES string of the molecule is CC1CCC(NC(=O)CCOCC(F)(F)F)(C(=O)O)CC1. The average Bonchev–Trinajstić information content (AvgIpc) is 2.36. The summed E-state index contributed by atoms with van der Waals surface area (Å²) in [5, 5.41) is 11.8. The van der Waals surface area contributed by atoms with Gasteiger partial charge in [-0.1, -0.05) is 6.92 Å². The molecule has 1 aliphatic carbocycles. The van der Waals surface area contributed by atoms with Crippen molar-refractivity contribution in [2.75, 3.05) is 13.2 Å². The van der Waals surface area contributed by atoms with Gasteiger partial charge in [0.2, 0.25) is 5.91 Å². The van der Waals surface area contributed by atoms with E-state index in [1.165, 1.54) is 0 Å². The summed E-state index contributed by atoms with van der Waals surface area (Å²) in [7, 11) is 0. The minimum absolute atomic E-state index is 0.291. The quantitative estimate of drug-likeness (QED) is 0.737. The molecular weight excluding hydrogens is 291 g/mol. The number of hydrogen-bond donors (Lipinski definition) is 2. The van der Waals surface area contributed by atoms with Crippen LogP contribution in [0.25, 0.3) is 0 Å². The number of amides is 1. The molecule has 0 aliphatic heterocycles. The summed E-state index contributed by atoms with van der Waals surface area (Å²) in [6.45, 7) is 0.206. The molecule has 2 N–H and O–H groups in total. The standard InChI is InChI=1S/C13H20F3NO4/c1-9-2-5-12(6-3-9,11(19)20)17-10(18)4-7-21-8-13(14,15)16/h9H,2-8H2,1H3,(H,17,18)(H,19,20). The third-order valence-electron chi connectivity index (χ3n) is 3.66. The van der Waals surface area contributed by atoms with E-state index in [4.69, 9.17) is 0 Å². The molecule has 1 fully saturated rings. The molecule has 0 unspecified atom stereocenters. The van der Waals surface area contributed by atoms with E-state index in [9.17, 15) is 27.9 Å². The lowest BCUT2D eigenvalue weighted by molar-refractivity contribution is -0.174. The van der Waals surface area contributed by atoms with Crippen molar-refractivity contribution < 1.29 is 32.6 Å². The van der Waals surface area contributed by atoms with Crippen molar-refractivity contribution in [2.45, 2.75) is 50.7 Å². The van der Waals surface area contributed by atoms with E-state index in [-0.39, 0.29) is 6.42 Å². The summed E-state index contributed by atoms with van der Waals surface area (Å²) in [6.07, 6.45) is -2.68. The Kier molecular flexibility index (Phi) is 6.00. The number of carbonyl (C=O) groups is 2. The van der Waals surface area contributed by atoms with E-state index in [1.54, 1.807) is 0 Å². The van der Waals surface area contributed by atoms with E-state index in [1.807, 2.05) is 6.92 Å². The second kappa shape index (κ2) is 7.11. The van der Waals surface area contributed by atoms with Crippen LogP contribution < -0.4 is 5.32 Å². The number of halogens is 3. The Morgan fingerprint density at radius 1 is 1.33 bits per heavy atom. The number of rotatable bonds is 6. The van der Waals surface area contributed by atoms with Crippen molar-refractivity contribution >= 4 is 11.9 Å². The maximum Gasteiger partial charge on any atom is 0.411 e. The van der Waals surface area contributed by atoms with Gasteiger partial charge in [-0.05, 0) is 31.6 Å². The Labute approximate surface area is 120 Å². The second-order valence-electron chi connectivity index (χ2n) is 5.54. The minimum atomic E-state index is -4.43. The molecular formula is C13H20F3NO4. The molecule has 0 radical (unpaired) electrons. The van der Waals surface area contributed by atoms with E-state index in [2.05, 4.69) is 10.1 Å². The summed E-state index contributed by atoms with van der Waals surface area (Å²) < 4.78 is 39.9. The number of nitrogens with one attached hydrogen (secondary N) is 1. The highest BCUT2D eigenvalue weighted by molar-refractivity contribution is 5.87. The third-order valence-corrected chi connectivity index (χ3v) is 3.66. The molecule has 0 aromatic carbocycles. The predicted octanol–water partition coefficient (Wildman–Crippen LogP) is 2.11. The van der Waals surface area contributed by atoms with Gasteiger partial charge >= 0.3 is 12.1 Å². The summed E-state index contributed by atoms with van der Waals surface area (Å²) in [5.41, 5.74) is -1.30. The molecule has 0 atom stereocenters. The Morgan fingerprint density at radius 3 is 2.38 bits per heavy atom. The monoisotopic (exact) mass is 311 g/mol. The number of alkyl halides is 3. The van der Waals surface area contributed by atoms with Crippen molar-refractivity contribution in [1.29, 1.82) is 0 Å². The number of aliphatic carboxylic acids is 1. The Bertz CT molecular complexity index is 376. The lowest BCUT2D eigenvalue weighted by Gasteiger charge is -2.36. The summed E-state index contributed by atoms with van der Waals surface area (Å²) >= 11 is 0. The fourth-order valence-corrected chi connectivity index (χ4v) is 2.33. The van der Waals surface area contributed by atoms with Gasteiger partial charge in [0.1, 0.15) is 12.1 Å². The highest BCUT2D eigenvalue weighted by atomic mass is 19.4. The zero-order valence-corrected chi connectivity index (χ0v) is 11.8. The Balaban J connectivity index is 2.42. The maximum atomic E-state index is 11.9. The molecule has 8 heteroatoms. The van der Waals surface area contributed by atoms with E-state index >= 15 is 0 Å². The fourth-order valence-electron chi connectivity index (χ4n) is 2.33. The number of carboxylic acid groups (broad SMARTS) is 1. The van der Waals surface area contributed by atoms with Gasteiger partial charge in [-0.25, -0.2) is 4.79 Å². The predicted molar refractivity (Wildman–Crippen MR) is 67.6 cm³/mol. The van der Waals surface area contributed by atoms with Crippen LogP contribution in [0.5, 0.6) is 0 Å². The molecule has 5 nitrogen and oxygen atoms in total. The summed E-state index contributed by atoms with van der Waals surface area (Å²) in [5.74, 6) is -1.29. The average molecular weight is 311 g/mol. The van der Waals surface area contributed by atoms with Gasteiger partial charge in [0.05, 0.1) is 6.61 Å². The molecule has 0 saturated heterocycles. The Morgan fingerprint density at radius 2 is 1.90 bits per heavy atom. The van der Waals surface area contributed by atoms with Gasteiger partial charge in [-0.3, -0.25) is 4.79 Å². The van der Waals surface area contributed by atoms with Gasteiger partial charge in [-0.15, -0.1) is 0 Å². The normalized spacial score (nSPS) is 26.4. The van der Waals surface area contributed by atoms with Crippen LogP contribution in [-0.4, -0.2) is 41.9 Å². The molecule has 0 aromatic heterocycles. The van der Waals surface area contributed by atoms with Crippen LogP contribution in [0.3, 0.4) is 0 Å². The van der Waals surface area contributed by atoms with E-state index < -0.39 is 36.8 Å². The smallest absolute Gasteiger partial charge is 0.411 e. The first-order valence-electron chi connectivity index (χ1n) is 6.83. The van der Waals surface area contributed by atoms with E-state index in [0.29, 0.717) is 31.6 Å². The zero-order chi connectivity index (χ0) is 16.1. The molecule has 122 valence electrons. The third kappa shape index (κ3) is 5.91. The largest absolute Gasteiger partial charge is 0.480 e. The van der Waals surface area contributed by atoms with Crippen molar-refractivity contribution in [3.8, 4) is 0 Å². The first-order valence-corrected chi connectivity index (χ1v) is 6.83. The van der Waals surface area contributed by atoms with Gasteiger partial charge in [0.25, 0.3) is 0 Å². The van der Waals surface area contributed by atoms with Crippen LogP contribution in [0.15, 0.2) is 0 Å². The lowest BCUT2D eigenvalue weighted by Crippen LogP contribution is -2.56. The Hall–Kier alpha value is -1.31. The molecule has 0 spiro atoms. The molecule has 1 saturated carbocycles. The van der Waals surface area contributed by atoms with Gasteiger partial charge in [0.15, 0.2) is 0 Å². The highest BCUT2D eigenvalue weighted by Crippen LogP contribution is 2.32. The molecule has 0 heterocycles. The molecule has 21 heavy (non-hydrogen) atoms. The van der Waals surface area contributed by atoms with Crippen LogP contribution in [0.2, 0.25) is 0 Å². The van der Waals surface area contributed by atoms with Crippen LogP contribution in [0.1, 0.15) is 39.0 Å². The lowest BCUT2D eigenvalue weighted by atomic mass is 9.77.